The van der Waals surface area contributed by atoms with Crippen molar-refractivity contribution in [2.45, 2.75) is 37.7 Å². The molecule has 0 saturated heterocycles. The first kappa shape index (κ1) is 10.8. The average molecular weight is 224 g/mol. The van der Waals surface area contributed by atoms with Gasteiger partial charge >= 0.3 is 0 Å². The predicted octanol–water partition coefficient (Wildman–Crippen LogP) is 3.19. The summed E-state index contributed by atoms with van der Waals surface area (Å²) in [4.78, 5) is 11.4. The zero-order valence-corrected chi connectivity index (χ0v) is 9.97. The second-order valence-electron chi connectivity index (χ2n) is 4.17. The zero-order valence-electron chi connectivity index (χ0n) is 9.16. The molecular formula is C12H16O2S. The van der Waals surface area contributed by atoms with Crippen molar-refractivity contribution in [2.24, 2.45) is 5.92 Å². The molecular weight excluding hydrogens is 208 g/mol. The smallest absolute Gasteiger partial charge is 0.136 e. The highest BCUT2D eigenvalue weighted by Gasteiger charge is 2.31. The van der Waals surface area contributed by atoms with E-state index in [1.54, 1.807) is 6.26 Å². The molecule has 1 aliphatic carbocycles. The molecule has 2 nitrogen and oxygen atoms in total. The minimum Gasteiger partial charge on any atom is -0.468 e. The molecule has 3 heteroatoms. The van der Waals surface area contributed by atoms with Gasteiger partial charge in [0.05, 0.1) is 12.0 Å². The lowest BCUT2D eigenvalue weighted by molar-refractivity contribution is -0.120. The molecule has 1 aliphatic rings. The van der Waals surface area contributed by atoms with Crippen LogP contribution in [0.5, 0.6) is 0 Å². The molecule has 0 aromatic carbocycles. The molecule has 0 bridgehead atoms. The van der Waals surface area contributed by atoms with Crippen LogP contribution >= 0.6 is 11.8 Å². The molecule has 0 aliphatic heterocycles. The Morgan fingerprint density at radius 2 is 2.40 bits per heavy atom. The first-order valence-corrected chi connectivity index (χ1v) is 6.40. The van der Waals surface area contributed by atoms with Gasteiger partial charge in [0.1, 0.15) is 11.5 Å². The Morgan fingerprint density at radius 3 is 2.93 bits per heavy atom. The number of hydrogen-bond acceptors (Lipinski definition) is 3. The summed E-state index contributed by atoms with van der Waals surface area (Å²) < 4.78 is 5.38. The fourth-order valence-corrected chi connectivity index (χ4v) is 3.32. The topological polar surface area (TPSA) is 30.2 Å². The molecule has 1 aromatic heterocycles. The van der Waals surface area contributed by atoms with Crippen LogP contribution in [0.15, 0.2) is 16.7 Å². The second-order valence-corrected chi connectivity index (χ2v) is 5.40. The fraction of sp³-hybridized carbons (Fsp3) is 0.583. The van der Waals surface area contributed by atoms with Gasteiger partial charge < -0.3 is 4.42 Å². The van der Waals surface area contributed by atoms with Crippen molar-refractivity contribution in [2.75, 3.05) is 0 Å². The Morgan fingerprint density at radius 1 is 1.60 bits per heavy atom. The van der Waals surface area contributed by atoms with Gasteiger partial charge in [-0.25, -0.2) is 0 Å². The van der Waals surface area contributed by atoms with E-state index in [1.165, 1.54) is 5.56 Å². The van der Waals surface area contributed by atoms with Crippen molar-refractivity contribution in [1.29, 1.82) is 0 Å². The van der Waals surface area contributed by atoms with Crippen LogP contribution in [0.3, 0.4) is 0 Å². The summed E-state index contributed by atoms with van der Waals surface area (Å²) in [6.07, 6.45) is 3.52. The van der Waals surface area contributed by atoms with Crippen LogP contribution in [0.2, 0.25) is 0 Å². The Kier molecular flexibility index (Phi) is 3.19. The van der Waals surface area contributed by atoms with Crippen LogP contribution in [0, 0.1) is 12.8 Å². The number of hydrogen-bond donors (Lipinski definition) is 0. The molecule has 1 aromatic rings. The van der Waals surface area contributed by atoms with Gasteiger partial charge in [0.25, 0.3) is 0 Å². The molecule has 0 spiro atoms. The molecule has 1 heterocycles. The Balaban J connectivity index is 1.89. The monoisotopic (exact) mass is 224 g/mol. The van der Waals surface area contributed by atoms with E-state index in [0.29, 0.717) is 11.0 Å². The number of thioether (sulfide) groups is 1. The molecule has 0 N–H and O–H groups in total. The van der Waals surface area contributed by atoms with Crippen LogP contribution < -0.4 is 0 Å². The first-order valence-electron chi connectivity index (χ1n) is 5.36. The summed E-state index contributed by atoms with van der Waals surface area (Å²) in [6.45, 7) is 4.10. The third-order valence-corrected chi connectivity index (χ3v) is 4.64. The summed E-state index contributed by atoms with van der Waals surface area (Å²) in [5.41, 5.74) is 1.21. The lowest BCUT2D eigenvalue weighted by Gasteiger charge is -2.12. The van der Waals surface area contributed by atoms with Crippen molar-refractivity contribution < 1.29 is 9.21 Å². The SMILES string of the molecule is Cc1ccoc1CSC1CCC(=O)C1C. The van der Waals surface area contributed by atoms with Gasteiger partial charge in [-0.15, -0.1) is 11.8 Å². The molecule has 1 saturated carbocycles. The van der Waals surface area contributed by atoms with Gasteiger partial charge in [-0.2, -0.15) is 0 Å². The maximum atomic E-state index is 11.4. The van der Waals surface area contributed by atoms with Gasteiger partial charge in [0.15, 0.2) is 0 Å². The van der Waals surface area contributed by atoms with E-state index in [2.05, 4.69) is 6.92 Å². The molecule has 15 heavy (non-hydrogen) atoms. The van der Waals surface area contributed by atoms with Gasteiger partial charge in [-0.3, -0.25) is 4.79 Å². The second kappa shape index (κ2) is 4.44. The average Bonchev–Trinajstić information content (AvgIpc) is 2.74. The normalized spacial score (nSPS) is 26.1. The number of carbonyl (C=O) groups excluding carboxylic acids is 1. The summed E-state index contributed by atoms with van der Waals surface area (Å²) in [5.74, 6) is 2.58. The van der Waals surface area contributed by atoms with E-state index in [9.17, 15) is 4.79 Å². The van der Waals surface area contributed by atoms with E-state index in [1.807, 2.05) is 24.8 Å². The summed E-state index contributed by atoms with van der Waals surface area (Å²) in [5, 5.41) is 0.488. The van der Waals surface area contributed by atoms with Crippen molar-refractivity contribution >= 4 is 17.5 Å². The predicted molar refractivity (Wildman–Crippen MR) is 61.9 cm³/mol. The van der Waals surface area contributed by atoms with Gasteiger partial charge in [-0.1, -0.05) is 6.92 Å². The number of carbonyl (C=O) groups is 1. The van der Waals surface area contributed by atoms with Crippen LogP contribution in [0.1, 0.15) is 31.1 Å². The molecule has 0 amide bonds. The highest BCUT2D eigenvalue weighted by Crippen LogP contribution is 2.34. The molecule has 1 fully saturated rings. The van der Waals surface area contributed by atoms with Crippen LogP contribution in [-0.2, 0) is 10.5 Å². The summed E-state index contributed by atoms with van der Waals surface area (Å²) in [7, 11) is 0. The van der Waals surface area contributed by atoms with E-state index in [4.69, 9.17) is 4.42 Å². The Labute approximate surface area is 94.4 Å². The number of Topliss-reactive ketones (excluding diaryl/α,β-unsaturated/α-hetero) is 1. The third kappa shape index (κ3) is 2.28. The molecule has 2 rings (SSSR count). The number of ketones is 1. The third-order valence-electron chi connectivity index (χ3n) is 3.14. The quantitative estimate of drug-likeness (QED) is 0.790. The minimum atomic E-state index is 0.227. The van der Waals surface area contributed by atoms with E-state index < -0.39 is 0 Å². The molecule has 0 radical (unpaired) electrons. The van der Waals surface area contributed by atoms with Gasteiger partial charge in [0, 0.05) is 17.6 Å². The minimum absolute atomic E-state index is 0.227. The van der Waals surface area contributed by atoms with Crippen molar-refractivity contribution in [3.63, 3.8) is 0 Å². The Hall–Kier alpha value is -0.700. The number of rotatable bonds is 3. The van der Waals surface area contributed by atoms with Crippen molar-refractivity contribution in [3.8, 4) is 0 Å². The van der Waals surface area contributed by atoms with E-state index in [-0.39, 0.29) is 5.92 Å². The molecule has 2 atom stereocenters. The summed E-state index contributed by atoms with van der Waals surface area (Å²) >= 11 is 1.85. The molecule has 82 valence electrons. The maximum absolute atomic E-state index is 11.4. The van der Waals surface area contributed by atoms with E-state index in [0.717, 1.165) is 24.4 Å². The zero-order chi connectivity index (χ0) is 10.8. The van der Waals surface area contributed by atoms with E-state index >= 15 is 0 Å². The number of aryl methyl sites for hydroxylation is 1. The molecule has 2 unspecified atom stereocenters. The Bertz CT molecular complexity index is 356. The summed E-state index contributed by atoms with van der Waals surface area (Å²) in [6, 6.07) is 1.99. The van der Waals surface area contributed by atoms with Crippen molar-refractivity contribution in [1.82, 2.24) is 0 Å². The van der Waals surface area contributed by atoms with Gasteiger partial charge in [-0.05, 0) is 25.0 Å². The number of furan rings is 1. The first-order chi connectivity index (χ1) is 7.18. The van der Waals surface area contributed by atoms with Crippen LogP contribution in [0.25, 0.3) is 0 Å². The van der Waals surface area contributed by atoms with Crippen LogP contribution in [-0.4, -0.2) is 11.0 Å². The highest BCUT2D eigenvalue weighted by atomic mass is 32.2. The van der Waals surface area contributed by atoms with Crippen molar-refractivity contribution in [3.05, 3.63) is 23.7 Å². The lowest BCUT2D eigenvalue weighted by atomic mass is 10.1. The lowest BCUT2D eigenvalue weighted by Crippen LogP contribution is -2.12. The maximum Gasteiger partial charge on any atom is 0.136 e. The highest BCUT2D eigenvalue weighted by molar-refractivity contribution is 7.99. The fourth-order valence-electron chi connectivity index (χ4n) is 1.93. The largest absolute Gasteiger partial charge is 0.468 e. The van der Waals surface area contributed by atoms with Crippen LogP contribution in [0.4, 0.5) is 0 Å². The van der Waals surface area contributed by atoms with Gasteiger partial charge in [0.2, 0.25) is 0 Å². The standard InChI is InChI=1S/C12H16O2S/c1-8-5-6-14-11(8)7-15-12-4-3-10(13)9(12)2/h5-6,9,12H,3-4,7H2,1-2H3.